The van der Waals surface area contributed by atoms with Gasteiger partial charge in [0.2, 0.25) is 0 Å². The van der Waals surface area contributed by atoms with Crippen LogP contribution in [0.5, 0.6) is 0 Å². The summed E-state index contributed by atoms with van der Waals surface area (Å²) in [4.78, 5) is -0.104. The second kappa shape index (κ2) is 4.68. The standard InChI is InChI=1S/C11H8BrClFNO2S/c1-7(12)5-15-6-11(18(13,16)17)9-4-8(14)2-3-10(9)15/h2-4,6H,1,5H2. The molecule has 0 spiro atoms. The third-order valence-electron chi connectivity index (χ3n) is 2.41. The van der Waals surface area contributed by atoms with Crippen molar-refractivity contribution in [1.82, 2.24) is 4.57 Å². The van der Waals surface area contributed by atoms with Crippen LogP contribution >= 0.6 is 26.6 Å². The first-order valence-electron chi connectivity index (χ1n) is 4.85. The molecule has 96 valence electrons. The molecule has 1 heterocycles. The lowest BCUT2D eigenvalue weighted by Gasteiger charge is -2.02. The smallest absolute Gasteiger partial charge is 0.263 e. The number of rotatable bonds is 3. The highest BCUT2D eigenvalue weighted by Gasteiger charge is 2.19. The number of halogens is 3. The van der Waals surface area contributed by atoms with Gasteiger partial charge >= 0.3 is 0 Å². The maximum absolute atomic E-state index is 13.2. The van der Waals surface area contributed by atoms with Crippen LogP contribution in [0.2, 0.25) is 0 Å². The molecule has 2 aromatic rings. The molecule has 0 unspecified atom stereocenters. The molecule has 0 atom stereocenters. The van der Waals surface area contributed by atoms with E-state index >= 15 is 0 Å². The summed E-state index contributed by atoms with van der Waals surface area (Å²) in [6.45, 7) is 4.06. The second-order valence-corrected chi connectivity index (χ2v) is 7.39. The molecule has 3 nitrogen and oxygen atoms in total. The summed E-state index contributed by atoms with van der Waals surface area (Å²) in [5.74, 6) is -0.514. The van der Waals surface area contributed by atoms with Gasteiger partial charge < -0.3 is 4.57 Å². The lowest BCUT2D eigenvalue weighted by Crippen LogP contribution is -1.95. The minimum absolute atomic E-state index is 0.104. The SMILES string of the molecule is C=C(Br)Cn1cc(S(=O)(=O)Cl)c2cc(F)ccc21. The number of fused-ring (bicyclic) bond motifs is 1. The zero-order valence-electron chi connectivity index (χ0n) is 9.03. The maximum Gasteiger partial charge on any atom is 0.263 e. The van der Waals surface area contributed by atoms with Crippen LogP contribution in [0, 0.1) is 5.82 Å². The third-order valence-corrected chi connectivity index (χ3v) is 4.01. The predicted molar refractivity (Wildman–Crippen MR) is 73.0 cm³/mol. The molecule has 1 aromatic carbocycles. The van der Waals surface area contributed by atoms with Crippen molar-refractivity contribution in [1.29, 1.82) is 0 Å². The highest BCUT2D eigenvalue weighted by Crippen LogP contribution is 2.29. The van der Waals surface area contributed by atoms with Crippen molar-refractivity contribution in [3.63, 3.8) is 0 Å². The maximum atomic E-state index is 13.2. The molecule has 2 rings (SSSR count). The molecular formula is C11H8BrClFNO2S. The fraction of sp³-hybridized carbons (Fsp3) is 0.0909. The Hall–Kier alpha value is -0.850. The Balaban J connectivity index is 2.79. The van der Waals surface area contributed by atoms with Gasteiger partial charge in [0.1, 0.15) is 10.7 Å². The van der Waals surface area contributed by atoms with Crippen molar-refractivity contribution in [2.45, 2.75) is 11.4 Å². The molecule has 0 amide bonds. The Morgan fingerprint density at radius 1 is 1.50 bits per heavy atom. The molecule has 0 bridgehead atoms. The minimum Gasteiger partial charge on any atom is -0.341 e. The molecule has 0 aliphatic rings. The zero-order valence-corrected chi connectivity index (χ0v) is 12.2. The highest BCUT2D eigenvalue weighted by molar-refractivity contribution is 9.11. The lowest BCUT2D eigenvalue weighted by molar-refractivity contribution is 0.610. The first-order chi connectivity index (χ1) is 8.29. The molecule has 0 fully saturated rings. The number of benzene rings is 1. The van der Waals surface area contributed by atoms with E-state index in [1.165, 1.54) is 18.3 Å². The summed E-state index contributed by atoms with van der Waals surface area (Å²) in [7, 11) is 1.42. The molecule has 7 heteroatoms. The first-order valence-corrected chi connectivity index (χ1v) is 7.95. The molecule has 0 N–H and O–H groups in total. The third kappa shape index (κ3) is 2.60. The summed E-state index contributed by atoms with van der Waals surface area (Å²) in [5.41, 5.74) is 0.580. The van der Waals surface area contributed by atoms with Gasteiger partial charge in [-0.1, -0.05) is 22.5 Å². The molecule has 0 aliphatic carbocycles. The average molecular weight is 353 g/mol. The summed E-state index contributed by atoms with van der Waals surface area (Å²) >= 11 is 3.20. The Bertz CT molecular complexity index is 739. The van der Waals surface area contributed by atoms with Gasteiger partial charge in [0, 0.05) is 32.3 Å². The number of hydrogen-bond acceptors (Lipinski definition) is 2. The molecule has 0 saturated carbocycles. The van der Waals surface area contributed by atoms with Crippen LogP contribution in [0.15, 0.2) is 40.4 Å². The summed E-state index contributed by atoms with van der Waals surface area (Å²) in [6, 6.07) is 3.92. The number of nitrogens with zero attached hydrogens (tertiary/aromatic N) is 1. The van der Waals surface area contributed by atoms with Crippen LogP contribution < -0.4 is 0 Å². The number of aromatic nitrogens is 1. The van der Waals surface area contributed by atoms with Crippen LogP contribution in [-0.2, 0) is 15.6 Å². The van der Waals surface area contributed by atoms with Crippen molar-refractivity contribution in [3.05, 3.63) is 41.3 Å². The Kier molecular flexibility index (Phi) is 3.53. The van der Waals surface area contributed by atoms with Crippen molar-refractivity contribution >= 4 is 46.6 Å². The van der Waals surface area contributed by atoms with Crippen molar-refractivity contribution in [2.75, 3.05) is 0 Å². The van der Waals surface area contributed by atoms with Crippen molar-refractivity contribution < 1.29 is 12.8 Å². The van der Waals surface area contributed by atoms with E-state index in [9.17, 15) is 12.8 Å². The second-order valence-electron chi connectivity index (χ2n) is 3.74. The summed E-state index contributed by atoms with van der Waals surface area (Å²) in [6.07, 6.45) is 1.37. The van der Waals surface area contributed by atoms with Gasteiger partial charge in [-0.05, 0) is 18.2 Å². The Labute approximate surface area is 116 Å². The van der Waals surface area contributed by atoms with Crippen LogP contribution in [0.4, 0.5) is 4.39 Å². The topological polar surface area (TPSA) is 39.1 Å². The van der Waals surface area contributed by atoms with Gasteiger partial charge in [0.05, 0.1) is 6.54 Å². The molecule has 0 aliphatic heterocycles. The van der Waals surface area contributed by atoms with E-state index in [0.717, 1.165) is 6.07 Å². The summed E-state index contributed by atoms with van der Waals surface area (Å²) < 4.78 is 38.4. The van der Waals surface area contributed by atoms with Gasteiger partial charge in [0.15, 0.2) is 0 Å². The van der Waals surface area contributed by atoms with Gasteiger partial charge in [0.25, 0.3) is 9.05 Å². The quantitative estimate of drug-likeness (QED) is 0.792. The van der Waals surface area contributed by atoms with Gasteiger partial charge in [-0.3, -0.25) is 0 Å². The average Bonchev–Trinajstić information content (AvgIpc) is 2.55. The molecular weight excluding hydrogens is 345 g/mol. The predicted octanol–water partition coefficient (Wildman–Crippen LogP) is 3.62. The van der Waals surface area contributed by atoms with E-state index in [4.69, 9.17) is 10.7 Å². The van der Waals surface area contributed by atoms with E-state index < -0.39 is 14.9 Å². The van der Waals surface area contributed by atoms with Crippen LogP contribution in [0.25, 0.3) is 10.9 Å². The van der Waals surface area contributed by atoms with E-state index in [1.54, 1.807) is 4.57 Å². The molecule has 1 aromatic heterocycles. The van der Waals surface area contributed by atoms with Crippen molar-refractivity contribution in [3.8, 4) is 0 Å². The van der Waals surface area contributed by atoms with Crippen molar-refractivity contribution in [2.24, 2.45) is 0 Å². The molecule has 0 radical (unpaired) electrons. The monoisotopic (exact) mass is 351 g/mol. The van der Waals surface area contributed by atoms with Gasteiger partial charge in [-0.2, -0.15) is 0 Å². The van der Waals surface area contributed by atoms with E-state index in [0.29, 0.717) is 16.5 Å². The van der Waals surface area contributed by atoms with Crippen LogP contribution in [0.1, 0.15) is 0 Å². The fourth-order valence-electron chi connectivity index (χ4n) is 1.75. The fourth-order valence-corrected chi connectivity index (χ4v) is 3.07. The van der Waals surface area contributed by atoms with Crippen LogP contribution in [-0.4, -0.2) is 13.0 Å². The molecule has 0 saturated heterocycles. The normalized spacial score (nSPS) is 11.9. The van der Waals surface area contributed by atoms with Gasteiger partial charge in [-0.15, -0.1) is 0 Å². The highest BCUT2D eigenvalue weighted by atomic mass is 79.9. The molecule has 18 heavy (non-hydrogen) atoms. The minimum atomic E-state index is -3.92. The van der Waals surface area contributed by atoms with E-state index in [2.05, 4.69) is 22.5 Å². The lowest BCUT2D eigenvalue weighted by atomic mass is 10.2. The van der Waals surface area contributed by atoms with Crippen LogP contribution in [0.3, 0.4) is 0 Å². The first kappa shape index (κ1) is 13.6. The Morgan fingerprint density at radius 3 is 2.72 bits per heavy atom. The number of hydrogen-bond donors (Lipinski definition) is 0. The zero-order chi connectivity index (χ0) is 13.5. The van der Waals surface area contributed by atoms with E-state index in [-0.39, 0.29) is 10.3 Å². The summed E-state index contributed by atoms with van der Waals surface area (Å²) in [5, 5.41) is 0.263. The van der Waals surface area contributed by atoms with Gasteiger partial charge in [-0.25, -0.2) is 12.8 Å². The number of allylic oxidation sites excluding steroid dienone is 1. The largest absolute Gasteiger partial charge is 0.341 e. The Morgan fingerprint density at radius 2 is 2.17 bits per heavy atom. The van der Waals surface area contributed by atoms with E-state index in [1.807, 2.05) is 0 Å².